The van der Waals surface area contributed by atoms with Gasteiger partial charge in [0.2, 0.25) is 5.91 Å². The minimum atomic E-state index is 0.262. The summed E-state index contributed by atoms with van der Waals surface area (Å²) >= 11 is 0. The maximum atomic E-state index is 12.7. The van der Waals surface area contributed by atoms with Crippen molar-refractivity contribution in [2.24, 2.45) is 11.3 Å². The van der Waals surface area contributed by atoms with Crippen molar-refractivity contribution in [1.82, 2.24) is 4.90 Å². The van der Waals surface area contributed by atoms with Crippen molar-refractivity contribution in [2.75, 3.05) is 39.5 Å². The average Bonchev–Trinajstić information content (AvgIpc) is 2.63. The van der Waals surface area contributed by atoms with E-state index in [0.29, 0.717) is 17.8 Å². The van der Waals surface area contributed by atoms with Gasteiger partial charge in [-0.2, -0.15) is 0 Å². The highest BCUT2D eigenvalue weighted by atomic mass is 16.5. The molecule has 2 fully saturated rings. The molecule has 2 saturated heterocycles. The molecule has 0 bridgehead atoms. The van der Waals surface area contributed by atoms with Gasteiger partial charge in [0, 0.05) is 32.2 Å². The van der Waals surface area contributed by atoms with Gasteiger partial charge in [-0.3, -0.25) is 4.79 Å². The van der Waals surface area contributed by atoms with E-state index in [4.69, 9.17) is 9.47 Å². The van der Waals surface area contributed by atoms with Gasteiger partial charge in [0.1, 0.15) is 0 Å². The zero-order chi connectivity index (χ0) is 17.7. The minimum Gasteiger partial charge on any atom is -0.381 e. The number of likely N-dealkylation sites (tertiary alicyclic amines) is 1. The molecule has 0 saturated carbocycles. The summed E-state index contributed by atoms with van der Waals surface area (Å²) in [6.07, 6.45) is 3.77. The molecule has 2 heterocycles. The summed E-state index contributed by atoms with van der Waals surface area (Å²) in [5.41, 5.74) is 2.64. The highest BCUT2D eigenvalue weighted by molar-refractivity contribution is 5.79. The minimum absolute atomic E-state index is 0.262. The highest BCUT2D eigenvalue weighted by Gasteiger charge is 2.44. The number of aryl methyl sites for hydroxylation is 1. The number of ether oxygens (including phenoxy) is 2. The second-order valence-electron chi connectivity index (χ2n) is 7.53. The first-order chi connectivity index (χ1) is 12.1. The van der Waals surface area contributed by atoms with Crippen molar-refractivity contribution in [3.8, 4) is 0 Å². The third-order valence-corrected chi connectivity index (χ3v) is 6.17. The second-order valence-corrected chi connectivity index (χ2v) is 7.53. The molecule has 1 amide bonds. The molecule has 0 radical (unpaired) electrons. The molecule has 2 aliphatic rings. The van der Waals surface area contributed by atoms with E-state index in [2.05, 4.69) is 24.0 Å². The van der Waals surface area contributed by atoms with Gasteiger partial charge < -0.3 is 14.4 Å². The number of piperidine rings is 1. The van der Waals surface area contributed by atoms with Crippen LogP contribution in [0.1, 0.15) is 37.3 Å². The standard InChI is InChI=1S/C21H31NO3/c1-3-24-15-19-16-25-13-10-21(19)8-11-22(12-9-21)20(23)14-18-7-5-4-6-17(18)2/h4-7,19H,3,8-16H2,1-2H3/t19-/m1/s1. The molecule has 1 aromatic rings. The Hall–Kier alpha value is -1.39. The highest BCUT2D eigenvalue weighted by Crippen LogP contribution is 2.44. The monoisotopic (exact) mass is 345 g/mol. The van der Waals surface area contributed by atoms with Gasteiger partial charge in [0.15, 0.2) is 0 Å². The molecule has 4 nitrogen and oxygen atoms in total. The van der Waals surface area contributed by atoms with Gasteiger partial charge in [0.25, 0.3) is 0 Å². The van der Waals surface area contributed by atoms with Gasteiger partial charge in [-0.05, 0) is 49.7 Å². The maximum absolute atomic E-state index is 12.7. The van der Waals surface area contributed by atoms with Crippen molar-refractivity contribution >= 4 is 5.91 Å². The molecule has 0 unspecified atom stereocenters. The average molecular weight is 345 g/mol. The number of carbonyl (C=O) groups excluding carboxylic acids is 1. The van der Waals surface area contributed by atoms with Gasteiger partial charge >= 0.3 is 0 Å². The second kappa shape index (κ2) is 8.33. The van der Waals surface area contributed by atoms with Crippen LogP contribution in [0.25, 0.3) is 0 Å². The molecule has 25 heavy (non-hydrogen) atoms. The van der Waals surface area contributed by atoms with E-state index in [0.717, 1.165) is 64.3 Å². The Morgan fingerprint density at radius 2 is 2.04 bits per heavy atom. The normalized spacial score (nSPS) is 23.0. The van der Waals surface area contributed by atoms with Crippen LogP contribution in [0.3, 0.4) is 0 Å². The van der Waals surface area contributed by atoms with E-state index in [1.165, 1.54) is 5.56 Å². The van der Waals surface area contributed by atoms with Crippen LogP contribution in [0.2, 0.25) is 0 Å². The summed E-state index contributed by atoms with van der Waals surface area (Å²) < 4.78 is 11.4. The SMILES string of the molecule is CCOC[C@@H]1COCCC12CCN(C(=O)Cc1ccccc1C)CC2. The Kier molecular flexibility index (Phi) is 6.13. The molecule has 0 aromatic heterocycles. The van der Waals surface area contributed by atoms with Crippen LogP contribution in [-0.4, -0.2) is 50.3 Å². The summed E-state index contributed by atoms with van der Waals surface area (Å²) in [6, 6.07) is 8.18. The van der Waals surface area contributed by atoms with Crippen molar-refractivity contribution in [3.05, 3.63) is 35.4 Å². The first-order valence-electron chi connectivity index (χ1n) is 9.62. The van der Waals surface area contributed by atoms with Crippen LogP contribution in [0.5, 0.6) is 0 Å². The summed E-state index contributed by atoms with van der Waals surface area (Å²) in [4.78, 5) is 14.8. The van der Waals surface area contributed by atoms with E-state index in [1.807, 2.05) is 19.1 Å². The lowest BCUT2D eigenvalue weighted by Crippen LogP contribution is -2.50. The Morgan fingerprint density at radius 3 is 2.76 bits per heavy atom. The van der Waals surface area contributed by atoms with Crippen LogP contribution >= 0.6 is 0 Å². The van der Waals surface area contributed by atoms with Gasteiger partial charge in [-0.25, -0.2) is 0 Å². The molecule has 4 heteroatoms. The van der Waals surface area contributed by atoms with Gasteiger partial charge in [-0.1, -0.05) is 24.3 Å². The lowest BCUT2D eigenvalue weighted by atomic mass is 9.66. The molecule has 0 aliphatic carbocycles. The number of benzene rings is 1. The number of nitrogens with zero attached hydrogens (tertiary/aromatic N) is 1. The first kappa shape index (κ1) is 18.4. The van der Waals surface area contributed by atoms with Crippen molar-refractivity contribution in [3.63, 3.8) is 0 Å². The quantitative estimate of drug-likeness (QED) is 0.822. The van der Waals surface area contributed by atoms with Crippen molar-refractivity contribution in [1.29, 1.82) is 0 Å². The van der Waals surface area contributed by atoms with Crippen LogP contribution in [-0.2, 0) is 20.7 Å². The molecular weight excluding hydrogens is 314 g/mol. The Morgan fingerprint density at radius 1 is 1.28 bits per heavy atom. The number of carbonyl (C=O) groups is 1. The first-order valence-corrected chi connectivity index (χ1v) is 9.62. The molecule has 1 aromatic carbocycles. The number of hydrogen-bond acceptors (Lipinski definition) is 3. The zero-order valence-electron chi connectivity index (χ0n) is 15.6. The largest absolute Gasteiger partial charge is 0.381 e. The number of amides is 1. The van der Waals surface area contributed by atoms with E-state index in [9.17, 15) is 4.79 Å². The summed E-state index contributed by atoms with van der Waals surface area (Å²) in [5.74, 6) is 0.729. The van der Waals surface area contributed by atoms with Crippen LogP contribution < -0.4 is 0 Å². The fourth-order valence-electron chi connectivity index (χ4n) is 4.31. The van der Waals surface area contributed by atoms with E-state index >= 15 is 0 Å². The fourth-order valence-corrected chi connectivity index (χ4v) is 4.31. The van der Waals surface area contributed by atoms with Crippen LogP contribution in [0, 0.1) is 18.3 Å². The molecule has 3 rings (SSSR count). The van der Waals surface area contributed by atoms with Gasteiger partial charge in [-0.15, -0.1) is 0 Å². The lowest BCUT2D eigenvalue weighted by Gasteiger charge is -2.49. The van der Waals surface area contributed by atoms with Crippen molar-refractivity contribution < 1.29 is 14.3 Å². The van der Waals surface area contributed by atoms with Crippen LogP contribution in [0.4, 0.5) is 0 Å². The lowest BCUT2D eigenvalue weighted by molar-refractivity contribution is -0.138. The molecular formula is C21H31NO3. The summed E-state index contributed by atoms with van der Waals surface area (Å²) in [6.45, 7) is 9.05. The fraction of sp³-hybridized carbons (Fsp3) is 0.667. The molecule has 1 atom stereocenters. The summed E-state index contributed by atoms with van der Waals surface area (Å²) in [7, 11) is 0. The third kappa shape index (κ3) is 4.24. The summed E-state index contributed by atoms with van der Waals surface area (Å²) in [5, 5.41) is 0. The topological polar surface area (TPSA) is 38.8 Å². The van der Waals surface area contributed by atoms with Crippen molar-refractivity contribution in [2.45, 2.75) is 39.5 Å². The Balaban J connectivity index is 1.58. The Labute approximate surface area is 151 Å². The van der Waals surface area contributed by atoms with E-state index < -0.39 is 0 Å². The Bertz CT molecular complexity index is 578. The predicted molar refractivity (Wildman–Crippen MR) is 98.5 cm³/mol. The number of hydrogen-bond donors (Lipinski definition) is 0. The molecule has 2 aliphatic heterocycles. The van der Waals surface area contributed by atoms with E-state index in [-0.39, 0.29) is 5.91 Å². The molecule has 1 spiro atoms. The number of rotatable bonds is 5. The molecule has 0 N–H and O–H groups in total. The van der Waals surface area contributed by atoms with E-state index in [1.54, 1.807) is 0 Å². The third-order valence-electron chi connectivity index (χ3n) is 6.17. The maximum Gasteiger partial charge on any atom is 0.226 e. The zero-order valence-corrected chi connectivity index (χ0v) is 15.6. The molecule has 138 valence electrons. The predicted octanol–water partition coefficient (Wildman–Crippen LogP) is 3.22. The van der Waals surface area contributed by atoms with Crippen LogP contribution in [0.15, 0.2) is 24.3 Å². The smallest absolute Gasteiger partial charge is 0.226 e. The van der Waals surface area contributed by atoms with Gasteiger partial charge in [0.05, 0.1) is 19.6 Å².